The fourth-order valence-electron chi connectivity index (χ4n) is 1.34. The lowest BCUT2D eigenvalue weighted by molar-refractivity contribution is -0.399. The molecule has 4 nitrogen and oxygen atoms in total. The van der Waals surface area contributed by atoms with Crippen LogP contribution in [0.25, 0.3) is 0 Å². The van der Waals surface area contributed by atoms with Crippen molar-refractivity contribution in [2.45, 2.75) is 59.2 Å². The normalized spacial score (nSPS) is 14.5. The van der Waals surface area contributed by atoms with Crippen molar-refractivity contribution in [2.24, 2.45) is 5.92 Å². The van der Waals surface area contributed by atoms with Crippen LogP contribution in [0.2, 0.25) is 0 Å². The Hall–Kier alpha value is -0.870. The Kier molecular flexibility index (Phi) is 5.36. The first-order chi connectivity index (χ1) is 7.44. The molecule has 1 atom stereocenters. The molecule has 0 heterocycles. The average Bonchev–Trinajstić information content (AvgIpc) is 2.12. The highest BCUT2D eigenvalue weighted by Crippen LogP contribution is 2.26. The van der Waals surface area contributed by atoms with E-state index < -0.39 is 11.6 Å². The van der Waals surface area contributed by atoms with Crippen LogP contribution in [-0.4, -0.2) is 22.3 Å². The topological polar surface area (TPSA) is 55.8 Å². The first-order valence-corrected chi connectivity index (χ1v) is 5.73. The van der Waals surface area contributed by atoms with Crippen LogP contribution in [0.5, 0.6) is 0 Å². The number of carboxylic acid groups (broad SMARTS) is 1. The van der Waals surface area contributed by atoms with Crippen LogP contribution in [0.1, 0.15) is 48.0 Å². The second kappa shape index (κ2) is 5.65. The summed E-state index contributed by atoms with van der Waals surface area (Å²) in [5.74, 6) is -1.13. The molecule has 0 aliphatic carbocycles. The molecule has 4 heteroatoms. The minimum absolute atomic E-state index is 0.161. The van der Waals surface area contributed by atoms with Gasteiger partial charge in [-0.15, -0.1) is 0 Å². The van der Waals surface area contributed by atoms with Gasteiger partial charge in [-0.25, -0.2) is 14.6 Å². The zero-order chi connectivity index (χ0) is 13.9. The summed E-state index contributed by atoms with van der Waals surface area (Å²) in [6.07, 6.45) is 0.536. The van der Waals surface area contributed by atoms with Crippen LogP contribution < -0.4 is 0 Å². The van der Waals surface area contributed by atoms with Crippen LogP contribution in [0.15, 0.2) is 12.2 Å². The molecule has 0 amide bonds. The summed E-state index contributed by atoms with van der Waals surface area (Å²) in [6, 6.07) is 0. The Morgan fingerprint density at radius 1 is 1.24 bits per heavy atom. The summed E-state index contributed by atoms with van der Waals surface area (Å²) < 4.78 is 0. The van der Waals surface area contributed by atoms with Gasteiger partial charge in [0.1, 0.15) is 0 Å². The molecule has 100 valence electrons. The number of aliphatic carboxylic acids is 1. The smallest absolute Gasteiger partial charge is 0.331 e. The van der Waals surface area contributed by atoms with E-state index in [1.165, 1.54) is 0 Å². The average molecular weight is 244 g/mol. The van der Waals surface area contributed by atoms with E-state index in [1.807, 2.05) is 41.5 Å². The van der Waals surface area contributed by atoms with Crippen molar-refractivity contribution in [3.05, 3.63) is 12.2 Å². The van der Waals surface area contributed by atoms with Crippen LogP contribution >= 0.6 is 0 Å². The Labute approximate surface area is 104 Å². The quantitative estimate of drug-likeness (QED) is 0.443. The van der Waals surface area contributed by atoms with Gasteiger partial charge >= 0.3 is 5.97 Å². The van der Waals surface area contributed by atoms with Crippen molar-refractivity contribution >= 4 is 5.97 Å². The van der Waals surface area contributed by atoms with E-state index in [4.69, 9.17) is 14.9 Å². The highest BCUT2D eigenvalue weighted by molar-refractivity contribution is 5.86. The lowest BCUT2D eigenvalue weighted by atomic mass is 9.90. The van der Waals surface area contributed by atoms with E-state index in [1.54, 1.807) is 0 Å². The van der Waals surface area contributed by atoms with Crippen molar-refractivity contribution in [3.8, 4) is 0 Å². The second-order valence-corrected chi connectivity index (χ2v) is 5.97. The summed E-state index contributed by atoms with van der Waals surface area (Å²) in [7, 11) is 0. The minimum Gasteiger partial charge on any atom is -0.478 e. The van der Waals surface area contributed by atoms with E-state index in [9.17, 15) is 4.79 Å². The summed E-state index contributed by atoms with van der Waals surface area (Å²) >= 11 is 0. The van der Waals surface area contributed by atoms with Crippen molar-refractivity contribution < 1.29 is 19.7 Å². The largest absolute Gasteiger partial charge is 0.478 e. The summed E-state index contributed by atoms with van der Waals surface area (Å²) in [6.45, 7) is 14.8. The second-order valence-electron chi connectivity index (χ2n) is 5.97. The Bertz CT molecular complexity index is 286. The van der Waals surface area contributed by atoms with Gasteiger partial charge in [0.2, 0.25) is 0 Å². The zero-order valence-corrected chi connectivity index (χ0v) is 11.7. The SMILES string of the molecule is C=C(C(=O)O)C(C)CC(C)(C)OOC(C)(C)C. The molecule has 0 radical (unpaired) electrons. The predicted molar refractivity (Wildman–Crippen MR) is 66.6 cm³/mol. The number of rotatable bonds is 6. The molecule has 0 saturated carbocycles. The molecule has 0 bridgehead atoms. The van der Waals surface area contributed by atoms with E-state index >= 15 is 0 Å². The lowest BCUT2D eigenvalue weighted by Gasteiger charge is -2.30. The maximum atomic E-state index is 10.8. The lowest BCUT2D eigenvalue weighted by Crippen LogP contribution is -2.33. The molecule has 0 saturated heterocycles. The number of carbonyl (C=O) groups is 1. The zero-order valence-electron chi connectivity index (χ0n) is 11.7. The minimum atomic E-state index is -0.968. The number of carboxylic acids is 1. The highest BCUT2D eigenvalue weighted by atomic mass is 17.2. The molecule has 0 spiro atoms. The predicted octanol–water partition coefficient (Wildman–Crippen LogP) is 3.18. The first-order valence-electron chi connectivity index (χ1n) is 5.73. The number of hydrogen-bond acceptors (Lipinski definition) is 3. The van der Waals surface area contributed by atoms with Gasteiger partial charge in [0.15, 0.2) is 0 Å². The first kappa shape index (κ1) is 16.1. The van der Waals surface area contributed by atoms with Gasteiger partial charge in [0.05, 0.1) is 11.2 Å². The third-order valence-corrected chi connectivity index (χ3v) is 2.18. The van der Waals surface area contributed by atoms with Gasteiger partial charge in [0.25, 0.3) is 0 Å². The molecule has 0 aromatic carbocycles. The Morgan fingerprint density at radius 3 is 2.06 bits per heavy atom. The van der Waals surface area contributed by atoms with Crippen LogP contribution in [0, 0.1) is 5.92 Å². The molecule has 0 rings (SSSR count). The van der Waals surface area contributed by atoms with E-state index in [-0.39, 0.29) is 17.1 Å². The van der Waals surface area contributed by atoms with E-state index in [2.05, 4.69) is 6.58 Å². The van der Waals surface area contributed by atoms with Crippen molar-refractivity contribution in [3.63, 3.8) is 0 Å². The van der Waals surface area contributed by atoms with Crippen LogP contribution in [0.3, 0.4) is 0 Å². The monoisotopic (exact) mass is 244 g/mol. The molecule has 1 N–H and O–H groups in total. The Balaban J connectivity index is 4.34. The standard InChI is InChI=1S/C13H24O4/c1-9(10(2)11(14)15)8-13(6,7)17-16-12(3,4)5/h9H,2,8H2,1,3-7H3,(H,14,15). The third-order valence-electron chi connectivity index (χ3n) is 2.18. The molecule has 0 aromatic heterocycles. The van der Waals surface area contributed by atoms with Gasteiger partial charge in [-0.05, 0) is 47.0 Å². The van der Waals surface area contributed by atoms with Crippen LogP contribution in [-0.2, 0) is 14.6 Å². The maximum Gasteiger partial charge on any atom is 0.331 e. The molecule has 0 fully saturated rings. The van der Waals surface area contributed by atoms with Gasteiger partial charge < -0.3 is 5.11 Å². The molecule has 0 aliphatic rings. The van der Waals surface area contributed by atoms with Crippen molar-refractivity contribution in [2.75, 3.05) is 0 Å². The third kappa shape index (κ3) is 7.13. The molecular weight excluding hydrogens is 220 g/mol. The van der Waals surface area contributed by atoms with Crippen molar-refractivity contribution in [1.29, 1.82) is 0 Å². The fraction of sp³-hybridized carbons (Fsp3) is 0.769. The van der Waals surface area contributed by atoms with E-state index in [0.717, 1.165) is 0 Å². The van der Waals surface area contributed by atoms with E-state index in [0.29, 0.717) is 6.42 Å². The summed E-state index contributed by atoms with van der Waals surface area (Å²) in [5.41, 5.74) is -0.743. The fourth-order valence-corrected chi connectivity index (χ4v) is 1.34. The Morgan fingerprint density at radius 2 is 1.71 bits per heavy atom. The highest BCUT2D eigenvalue weighted by Gasteiger charge is 2.28. The summed E-state index contributed by atoms with van der Waals surface area (Å²) in [5, 5.41) is 8.84. The molecule has 0 aromatic rings. The van der Waals surface area contributed by atoms with Gasteiger partial charge in [-0.3, -0.25) is 0 Å². The van der Waals surface area contributed by atoms with Gasteiger partial charge in [-0.1, -0.05) is 13.5 Å². The van der Waals surface area contributed by atoms with Crippen molar-refractivity contribution in [1.82, 2.24) is 0 Å². The number of hydrogen-bond donors (Lipinski definition) is 1. The molecule has 1 unspecified atom stereocenters. The van der Waals surface area contributed by atoms with Crippen LogP contribution in [0.4, 0.5) is 0 Å². The molecule has 17 heavy (non-hydrogen) atoms. The maximum absolute atomic E-state index is 10.8. The summed E-state index contributed by atoms with van der Waals surface area (Å²) in [4.78, 5) is 21.4. The van der Waals surface area contributed by atoms with Gasteiger partial charge in [0, 0.05) is 5.57 Å². The molecule has 0 aliphatic heterocycles. The van der Waals surface area contributed by atoms with Gasteiger partial charge in [-0.2, -0.15) is 0 Å². The molecular formula is C13H24O4.